The minimum absolute atomic E-state index is 0.00573. The number of carbonyl (C=O) groups excluding carboxylic acids is 2. The Hall–Kier alpha value is 0.0400. The predicted octanol–water partition coefficient (Wildman–Crippen LogP) is 8.81. The molecule has 0 aliphatic heterocycles. The standard InChI is InChI=1S/C24H46O2S2.C2H6/c1-21(2,3)19(25)17-23(7,8)13-14-24(9,10)18-20(26)27-15-11-12-16-28-22(4,5)6;1-2/h11-18H2,1-10H3;1-2H3. The van der Waals surface area contributed by atoms with Gasteiger partial charge in [-0.3, -0.25) is 9.59 Å². The van der Waals surface area contributed by atoms with Crippen LogP contribution < -0.4 is 0 Å². The minimum Gasteiger partial charge on any atom is -0.299 e. The summed E-state index contributed by atoms with van der Waals surface area (Å²) in [6.07, 6.45) is 5.48. The molecule has 0 rings (SSSR count). The monoisotopic (exact) mass is 460 g/mol. The molecule has 0 saturated carbocycles. The Balaban J connectivity index is 0. The first-order valence-electron chi connectivity index (χ1n) is 11.8. The Morgan fingerprint density at radius 1 is 0.667 bits per heavy atom. The molecular weight excluding hydrogens is 408 g/mol. The van der Waals surface area contributed by atoms with Crippen molar-refractivity contribution in [1.82, 2.24) is 0 Å². The molecule has 0 N–H and O–H groups in total. The van der Waals surface area contributed by atoms with Crippen molar-refractivity contribution in [3.05, 3.63) is 0 Å². The maximum absolute atomic E-state index is 12.4. The molecule has 0 aromatic rings. The molecule has 0 aliphatic rings. The lowest BCUT2D eigenvalue weighted by molar-refractivity contribution is -0.128. The molecule has 0 unspecified atom stereocenters. The van der Waals surface area contributed by atoms with E-state index in [2.05, 4.69) is 48.5 Å². The summed E-state index contributed by atoms with van der Waals surface area (Å²) in [5, 5.41) is 0.317. The minimum atomic E-state index is -0.273. The number of unbranched alkanes of at least 4 members (excludes halogenated alkanes) is 1. The first-order chi connectivity index (χ1) is 13.4. The van der Waals surface area contributed by atoms with Crippen LogP contribution in [0.5, 0.6) is 0 Å². The largest absolute Gasteiger partial charge is 0.299 e. The third-order valence-electron chi connectivity index (χ3n) is 4.91. The molecule has 0 radical (unpaired) electrons. The summed E-state index contributed by atoms with van der Waals surface area (Å²) in [6.45, 7) is 25.5. The van der Waals surface area contributed by atoms with Crippen LogP contribution in [0.3, 0.4) is 0 Å². The number of thioether (sulfide) groups is 2. The fraction of sp³-hybridized carbons (Fsp3) is 0.923. The summed E-state index contributed by atoms with van der Waals surface area (Å²) in [5.41, 5.74) is -0.290. The third kappa shape index (κ3) is 18.8. The molecule has 0 bridgehead atoms. The smallest absolute Gasteiger partial charge is 0.189 e. The molecule has 180 valence electrons. The van der Waals surface area contributed by atoms with E-state index in [1.807, 2.05) is 46.4 Å². The summed E-state index contributed by atoms with van der Waals surface area (Å²) in [7, 11) is 0. The summed E-state index contributed by atoms with van der Waals surface area (Å²) in [4.78, 5) is 24.8. The summed E-state index contributed by atoms with van der Waals surface area (Å²) >= 11 is 3.50. The first-order valence-corrected chi connectivity index (χ1v) is 13.7. The maximum atomic E-state index is 12.4. The fourth-order valence-corrected chi connectivity index (χ4v) is 4.79. The zero-order valence-electron chi connectivity index (χ0n) is 22.3. The summed E-state index contributed by atoms with van der Waals surface area (Å²) < 4.78 is 0.332. The highest BCUT2D eigenvalue weighted by Gasteiger charge is 2.31. The van der Waals surface area contributed by atoms with Crippen LogP contribution in [0, 0.1) is 16.2 Å². The van der Waals surface area contributed by atoms with E-state index in [-0.39, 0.29) is 16.2 Å². The van der Waals surface area contributed by atoms with Crippen LogP contribution in [0.4, 0.5) is 0 Å². The molecule has 0 fully saturated rings. The van der Waals surface area contributed by atoms with E-state index in [1.54, 1.807) is 0 Å². The van der Waals surface area contributed by atoms with Crippen LogP contribution in [-0.4, -0.2) is 27.2 Å². The van der Waals surface area contributed by atoms with Crippen molar-refractivity contribution in [3.8, 4) is 0 Å². The van der Waals surface area contributed by atoms with Gasteiger partial charge in [-0.1, -0.05) is 94.8 Å². The van der Waals surface area contributed by atoms with Gasteiger partial charge in [0.15, 0.2) is 5.12 Å². The quantitative estimate of drug-likeness (QED) is 0.272. The van der Waals surface area contributed by atoms with E-state index in [1.165, 1.54) is 23.9 Å². The van der Waals surface area contributed by atoms with Crippen molar-refractivity contribution < 1.29 is 9.59 Å². The van der Waals surface area contributed by atoms with E-state index in [0.29, 0.717) is 28.5 Å². The van der Waals surface area contributed by atoms with Crippen molar-refractivity contribution >= 4 is 34.4 Å². The summed E-state index contributed by atoms with van der Waals surface area (Å²) in [6, 6.07) is 0. The zero-order chi connectivity index (χ0) is 24.2. The van der Waals surface area contributed by atoms with Gasteiger partial charge in [0.1, 0.15) is 5.78 Å². The molecule has 0 spiro atoms. The number of carbonyl (C=O) groups is 2. The Morgan fingerprint density at radius 2 is 1.10 bits per heavy atom. The van der Waals surface area contributed by atoms with Gasteiger partial charge in [0, 0.05) is 28.8 Å². The van der Waals surface area contributed by atoms with Gasteiger partial charge in [-0.05, 0) is 42.3 Å². The molecule has 0 aromatic heterocycles. The molecular formula is C26H52O2S2. The summed E-state index contributed by atoms with van der Waals surface area (Å²) in [5.74, 6) is 2.43. The van der Waals surface area contributed by atoms with Crippen molar-refractivity contribution in [2.45, 2.75) is 126 Å². The molecule has 0 heterocycles. The predicted molar refractivity (Wildman–Crippen MR) is 141 cm³/mol. The highest BCUT2D eigenvalue weighted by atomic mass is 32.2. The van der Waals surface area contributed by atoms with E-state index in [0.717, 1.165) is 25.0 Å². The Labute approximate surface area is 197 Å². The molecule has 4 heteroatoms. The van der Waals surface area contributed by atoms with Gasteiger partial charge in [0.25, 0.3) is 0 Å². The first kappa shape index (κ1) is 32.2. The Bertz CT molecular complexity index is 494. The fourth-order valence-electron chi connectivity index (χ4n) is 2.76. The van der Waals surface area contributed by atoms with Crippen LogP contribution in [-0.2, 0) is 9.59 Å². The highest BCUT2D eigenvalue weighted by Crippen LogP contribution is 2.38. The molecule has 2 nitrogen and oxygen atoms in total. The van der Waals surface area contributed by atoms with E-state index >= 15 is 0 Å². The van der Waals surface area contributed by atoms with Gasteiger partial charge in [-0.2, -0.15) is 11.8 Å². The lowest BCUT2D eigenvalue weighted by Gasteiger charge is -2.32. The number of rotatable bonds is 12. The second-order valence-electron chi connectivity index (χ2n) is 11.7. The van der Waals surface area contributed by atoms with Crippen molar-refractivity contribution in [3.63, 3.8) is 0 Å². The number of hydrogen-bond donors (Lipinski definition) is 0. The van der Waals surface area contributed by atoms with E-state index < -0.39 is 0 Å². The van der Waals surface area contributed by atoms with Crippen molar-refractivity contribution in [2.75, 3.05) is 11.5 Å². The van der Waals surface area contributed by atoms with E-state index in [9.17, 15) is 9.59 Å². The molecule has 0 aliphatic carbocycles. The van der Waals surface area contributed by atoms with Gasteiger partial charge in [0.2, 0.25) is 0 Å². The topological polar surface area (TPSA) is 34.1 Å². The van der Waals surface area contributed by atoms with Gasteiger partial charge < -0.3 is 0 Å². The molecule has 0 amide bonds. The average molecular weight is 461 g/mol. The number of ketones is 1. The molecule has 0 aromatic carbocycles. The second-order valence-corrected chi connectivity index (χ2v) is 14.8. The SMILES string of the molecule is CC.CC(C)(CCC(C)(C)CC(=O)C(C)(C)C)CC(=O)SCCCCSC(C)(C)C. The van der Waals surface area contributed by atoms with Crippen LogP contribution in [0.1, 0.15) is 122 Å². The molecule has 0 atom stereocenters. The maximum Gasteiger partial charge on any atom is 0.189 e. The van der Waals surface area contributed by atoms with Crippen LogP contribution in [0.2, 0.25) is 0 Å². The van der Waals surface area contributed by atoms with Gasteiger partial charge in [0.05, 0.1) is 0 Å². The van der Waals surface area contributed by atoms with Crippen molar-refractivity contribution in [2.24, 2.45) is 16.2 Å². The second kappa shape index (κ2) is 14.2. The third-order valence-corrected chi connectivity index (χ3v) is 7.23. The van der Waals surface area contributed by atoms with Gasteiger partial charge >= 0.3 is 0 Å². The van der Waals surface area contributed by atoms with Gasteiger partial charge in [-0.15, -0.1) is 0 Å². The van der Waals surface area contributed by atoms with Gasteiger partial charge in [-0.25, -0.2) is 0 Å². The zero-order valence-corrected chi connectivity index (χ0v) is 23.9. The Kier molecular flexibility index (Phi) is 15.3. The van der Waals surface area contributed by atoms with Crippen LogP contribution in [0.25, 0.3) is 0 Å². The molecule has 30 heavy (non-hydrogen) atoms. The number of Topliss-reactive ketones (excluding diaryl/α,β-unsaturated/α-hetero) is 1. The Morgan fingerprint density at radius 3 is 1.53 bits per heavy atom. The highest BCUT2D eigenvalue weighted by molar-refractivity contribution is 8.13. The van der Waals surface area contributed by atoms with E-state index in [4.69, 9.17) is 0 Å². The van der Waals surface area contributed by atoms with Crippen LogP contribution >= 0.6 is 23.5 Å². The van der Waals surface area contributed by atoms with Crippen molar-refractivity contribution in [1.29, 1.82) is 0 Å². The average Bonchev–Trinajstić information content (AvgIpc) is 2.56. The normalized spacial score (nSPS) is 12.9. The lowest BCUT2D eigenvalue weighted by Crippen LogP contribution is -2.28. The lowest BCUT2D eigenvalue weighted by atomic mass is 9.73. The number of hydrogen-bond acceptors (Lipinski definition) is 4. The van der Waals surface area contributed by atoms with Crippen LogP contribution in [0.15, 0.2) is 0 Å². The molecule has 0 saturated heterocycles.